The lowest BCUT2D eigenvalue weighted by Gasteiger charge is -2.29. The van der Waals surface area contributed by atoms with Crippen LogP contribution in [0.1, 0.15) is 28.8 Å². The number of hydrogen-bond acceptors (Lipinski definition) is 6. The van der Waals surface area contributed by atoms with Gasteiger partial charge in [-0.25, -0.2) is 4.79 Å². The number of nitrogens with zero attached hydrogens (tertiary/aromatic N) is 2. The standard InChI is InChI=1S/C17H19N3O6/c1-19(2)11-4-3-9-10(15(11)26-8-14(22)23)7-20(17(9)25)12-5-6-13(21)18-16(12)24/h3-4,12H,5-8H2,1-2H3,(H,22,23)(H,18,21,24). The van der Waals surface area contributed by atoms with E-state index in [4.69, 9.17) is 9.84 Å². The molecule has 138 valence electrons. The number of rotatable bonds is 5. The molecule has 1 aromatic carbocycles. The molecule has 9 nitrogen and oxygen atoms in total. The van der Waals surface area contributed by atoms with Crippen LogP contribution in [0.3, 0.4) is 0 Å². The molecule has 0 aliphatic carbocycles. The van der Waals surface area contributed by atoms with Crippen LogP contribution in [0, 0.1) is 0 Å². The van der Waals surface area contributed by atoms with Gasteiger partial charge in [0.15, 0.2) is 6.61 Å². The van der Waals surface area contributed by atoms with Crippen molar-refractivity contribution in [2.75, 3.05) is 25.6 Å². The molecule has 1 saturated heterocycles. The Kier molecular flexibility index (Phi) is 4.54. The first kappa shape index (κ1) is 17.7. The van der Waals surface area contributed by atoms with Gasteiger partial charge in [-0.3, -0.25) is 19.7 Å². The molecule has 2 aliphatic rings. The van der Waals surface area contributed by atoms with Gasteiger partial charge in [0.25, 0.3) is 5.91 Å². The summed E-state index contributed by atoms with van der Waals surface area (Å²) in [5, 5.41) is 11.2. The number of carbonyl (C=O) groups excluding carboxylic acids is 3. The Morgan fingerprint density at radius 3 is 2.69 bits per heavy atom. The second kappa shape index (κ2) is 6.66. The van der Waals surface area contributed by atoms with Crippen molar-refractivity contribution in [1.82, 2.24) is 10.2 Å². The summed E-state index contributed by atoms with van der Waals surface area (Å²) in [5.41, 5.74) is 1.57. The van der Waals surface area contributed by atoms with Crippen LogP contribution in [-0.2, 0) is 20.9 Å². The second-order valence-corrected chi connectivity index (χ2v) is 6.42. The van der Waals surface area contributed by atoms with Crippen LogP contribution in [-0.4, -0.2) is 60.4 Å². The van der Waals surface area contributed by atoms with E-state index in [1.165, 1.54) is 4.90 Å². The number of amides is 3. The lowest BCUT2D eigenvalue weighted by Crippen LogP contribution is -2.52. The van der Waals surface area contributed by atoms with Gasteiger partial charge in [0.05, 0.1) is 12.2 Å². The molecule has 3 rings (SSSR count). The van der Waals surface area contributed by atoms with Crippen molar-refractivity contribution < 1.29 is 29.0 Å². The van der Waals surface area contributed by atoms with Crippen molar-refractivity contribution in [3.8, 4) is 5.75 Å². The molecule has 0 spiro atoms. The number of anilines is 1. The number of carboxylic acids is 1. The number of benzene rings is 1. The minimum absolute atomic E-state index is 0.122. The number of carbonyl (C=O) groups is 4. The Labute approximate surface area is 149 Å². The fraction of sp³-hybridized carbons (Fsp3) is 0.412. The third-order valence-electron chi connectivity index (χ3n) is 4.47. The number of piperidine rings is 1. The summed E-state index contributed by atoms with van der Waals surface area (Å²) in [5.74, 6) is -1.99. The third kappa shape index (κ3) is 3.07. The van der Waals surface area contributed by atoms with E-state index < -0.39 is 24.5 Å². The van der Waals surface area contributed by atoms with E-state index in [-0.39, 0.29) is 31.2 Å². The average molecular weight is 361 g/mol. The molecular formula is C17H19N3O6. The predicted molar refractivity (Wildman–Crippen MR) is 89.9 cm³/mol. The fourth-order valence-electron chi connectivity index (χ4n) is 3.25. The first-order valence-corrected chi connectivity index (χ1v) is 8.12. The fourth-order valence-corrected chi connectivity index (χ4v) is 3.25. The van der Waals surface area contributed by atoms with Crippen LogP contribution in [0.5, 0.6) is 5.75 Å². The van der Waals surface area contributed by atoms with Crippen LogP contribution in [0.15, 0.2) is 12.1 Å². The summed E-state index contributed by atoms with van der Waals surface area (Å²) >= 11 is 0. The normalized spacial score (nSPS) is 19.2. The molecule has 9 heteroatoms. The summed E-state index contributed by atoms with van der Waals surface area (Å²) in [6.45, 7) is -0.416. The zero-order valence-electron chi connectivity index (χ0n) is 14.4. The minimum atomic E-state index is -1.13. The van der Waals surface area contributed by atoms with Gasteiger partial charge in [0.1, 0.15) is 11.8 Å². The maximum atomic E-state index is 12.8. The SMILES string of the molecule is CN(C)c1ccc2c(c1OCC(=O)O)CN(C1CCC(=O)NC1=O)C2=O. The zero-order chi connectivity index (χ0) is 19.0. The molecule has 3 amide bonds. The maximum Gasteiger partial charge on any atom is 0.341 e. The van der Waals surface area contributed by atoms with Crippen molar-refractivity contribution in [1.29, 1.82) is 0 Å². The predicted octanol–water partition coefficient (Wildman–Crippen LogP) is -0.0230. The van der Waals surface area contributed by atoms with Crippen LogP contribution in [0.2, 0.25) is 0 Å². The second-order valence-electron chi connectivity index (χ2n) is 6.42. The third-order valence-corrected chi connectivity index (χ3v) is 4.47. The Balaban J connectivity index is 1.95. The van der Waals surface area contributed by atoms with Crippen molar-refractivity contribution in [2.24, 2.45) is 0 Å². The van der Waals surface area contributed by atoms with Crippen LogP contribution in [0.4, 0.5) is 5.69 Å². The first-order chi connectivity index (χ1) is 12.3. The Bertz CT molecular complexity index is 804. The molecule has 1 aromatic rings. The molecule has 1 unspecified atom stereocenters. The summed E-state index contributed by atoms with van der Waals surface area (Å²) in [6.07, 6.45) is 0.429. The van der Waals surface area contributed by atoms with Crippen LogP contribution >= 0.6 is 0 Å². The summed E-state index contributed by atoms with van der Waals surface area (Å²) in [6, 6.07) is 2.59. The Morgan fingerprint density at radius 2 is 2.08 bits per heavy atom. The molecule has 2 heterocycles. The smallest absolute Gasteiger partial charge is 0.341 e. The van der Waals surface area contributed by atoms with Gasteiger partial charge < -0.3 is 19.6 Å². The number of nitrogens with one attached hydrogen (secondary N) is 1. The van der Waals surface area contributed by atoms with Gasteiger partial charge in [0, 0.05) is 31.6 Å². The highest BCUT2D eigenvalue weighted by Gasteiger charge is 2.40. The summed E-state index contributed by atoms with van der Waals surface area (Å²) < 4.78 is 5.46. The van der Waals surface area contributed by atoms with E-state index in [0.717, 1.165) is 0 Å². The Hall–Kier alpha value is -3.10. The number of hydrogen-bond donors (Lipinski definition) is 2. The van der Waals surface area contributed by atoms with E-state index in [2.05, 4.69) is 5.32 Å². The lowest BCUT2D eigenvalue weighted by molar-refractivity contribution is -0.139. The van der Waals surface area contributed by atoms with E-state index >= 15 is 0 Å². The van der Waals surface area contributed by atoms with Crippen molar-refractivity contribution in [3.05, 3.63) is 23.3 Å². The van der Waals surface area contributed by atoms with Gasteiger partial charge in [0.2, 0.25) is 11.8 Å². The molecule has 0 radical (unpaired) electrons. The van der Waals surface area contributed by atoms with Gasteiger partial charge in [-0.2, -0.15) is 0 Å². The Morgan fingerprint density at radius 1 is 1.35 bits per heavy atom. The first-order valence-electron chi connectivity index (χ1n) is 8.12. The molecule has 0 aromatic heterocycles. The molecule has 2 aliphatic heterocycles. The minimum Gasteiger partial charge on any atom is -0.479 e. The maximum absolute atomic E-state index is 12.8. The van der Waals surface area contributed by atoms with Gasteiger partial charge >= 0.3 is 5.97 Å². The molecule has 0 bridgehead atoms. The topological polar surface area (TPSA) is 116 Å². The number of ether oxygens (including phenoxy) is 1. The molecule has 26 heavy (non-hydrogen) atoms. The zero-order valence-corrected chi connectivity index (χ0v) is 14.4. The van der Waals surface area contributed by atoms with E-state index in [1.807, 2.05) is 0 Å². The largest absolute Gasteiger partial charge is 0.479 e. The van der Waals surface area contributed by atoms with Crippen LogP contribution in [0.25, 0.3) is 0 Å². The molecule has 1 atom stereocenters. The monoisotopic (exact) mass is 361 g/mol. The van der Waals surface area contributed by atoms with E-state index in [9.17, 15) is 19.2 Å². The molecule has 1 fully saturated rings. The molecule has 0 saturated carbocycles. The number of imide groups is 1. The van der Waals surface area contributed by atoms with Crippen LogP contribution < -0.4 is 15.0 Å². The number of fused-ring (bicyclic) bond motifs is 1. The van der Waals surface area contributed by atoms with E-state index in [1.54, 1.807) is 31.1 Å². The molecular weight excluding hydrogens is 342 g/mol. The highest BCUT2D eigenvalue weighted by atomic mass is 16.5. The number of aliphatic carboxylic acids is 1. The van der Waals surface area contributed by atoms with Crippen molar-refractivity contribution >= 4 is 29.4 Å². The summed E-state index contributed by atoms with van der Waals surface area (Å²) in [7, 11) is 3.56. The van der Waals surface area contributed by atoms with Gasteiger partial charge in [-0.15, -0.1) is 0 Å². The number of carboxylic acid groups (broad SMARTS) is 1. The molecule has 2 N–H and O–H groups in total. The highest BCUT2D eigenvalue weighted by Crippen LogP contribution is 2.39. The van der Waals surface area contributed by atoms with Crippen molar-refractivity contribution in [3.63, 3.8) is 0 Å². The van der Waals surface area contributed by atoms with E-state index in [0.29, 0.717) is 22.6 Å². The lowest BCUT2D eigenvalue weighted by atomic mass is 10.0. The van der Waals surface area contributed by atoms with Crippen molar-refractivity contribution in [2.45, 2.75) is 25.4 Å². The van der Waals surface area contributed by atoms with Gasteiger partial charge in [-0.05, 0) is 18.6 Å². The quantitative estimate of drug-likeness (QED) is 0.708. The van der Waals surface area contributed by atoms with Gasteiger partial charge in [-0.1, -0.05) is 0 Å². The highest BCUT2D eigenvalue weighted by molar-refractivity contribution is 6.06. The average Bonchev–Trinajstić information content (AvgIpc) is 2.89. The summed E-state index contributed by atoms with van der Waals surface area (Å²) in [4.78, 5) is 50.3.